The molecule has 0 amide bonds. The van der Waals surface area contributed by atoms with Gasteiger partial charge in [0.05, 0.1) is 6.10 Å². The first kappa shape index (κ1) is 15.6. The Kier molecular flexibility index (Phi) is 6.29. The van der Waals surface area contributed by atoms with Crippen molar-refractivity contribution in [2.45, 2.75) is 45.1 Å². The van der Waals surface area contributed by atoms with Crippen molar-refractivity contribution < 1.29 is 5.11 Å². The number of unbranched alkanes of at least 4 members (excludes halogenated alkanes) is 1. The van der Waals surface area contributed by atoms with Crippen LogP contribution in [0.2, 0.25) is 0 Å². The van der Waals surface area contributed by atoms with Gasteiger partial charge in [-0.15, -0.1) is 0 Å². The van der Waals surface area contributed by atoms with E-state index < -0.39 is 0 Å². The van der Waals surface area contributed by atoms with Crippen LogP contribution in [0.5, 0.6) is 0 Å². The molecule has 0 aliphatic rings. The fourth-order valence-corrected chi connectivity index (χ4v) is 2.36. The summed E-state index contributed by atoms with van der Waals surface area (Å²) >= 11 is 0. The Morgan fingerprint density at radius 2 is 1.57 bits per heavy atom. The minimum absolute atomic E-state index is 0.160. The quantitative estimate of drug-likeness (QED) is 0.721. The van der Waals surface area contributed by atoms with Crippen molar-refractivity contribution in [2.75, 3.05) is 5.32 Å². The monoisotopic (exact) mass is 283 g/mol. The normalized spacial score (nSPS) is 12.1. The number of rotatable bonds is 8. The van der Waals surface area contributed by atoms with Crippen molar-refractivity contribution in [2.24, 2.45) is 0 Å². The first-order chi connectivity index (χ1) is 10.3. The summed E-state index contributed by atoms with van der Waals surface area (Å²) in [6.45, 7) is 2.16. The van der Waals surface area contributed by atoms with Crippen molar-refractivity contribution in [3.05, 3.63) is 60.2 Å². The molecule has 0 aromatic heterocycles. The van der Waals surface area contributed by atoms with E-state index in [2.05, 4.69) is 48.6 Å². The molecule has 1 atom stereocenters. The number of nitrogens with one attached hydrogen (secondary N) is 1. The summed E-state index contributed by atoms with van der Waals surface area (Å²) in [6, 6.07) is 18.6. The summed E-state index contributed by atoms with van der Waals surface area (Å²) in [6.07, 6.45) is 4.82. The van der Waals surface area contributed by atoms with Crippen molar-refractivity contribution in [3.63, 3.8) is 0 Å². The molecule has 112 valence electrons. The summed E-state index contributed by atoms with van der Waals surface area (Å²) in [7, 11) is 0. The topological polar surface area (TPSA) is 32.3 Å². The van der Waals surface area contributed by atoms with Crippen LogP contribution in [0.1, 0.15) is 38.2 Å². The van der Waals surface area contributed by atoms with Crippen molar-refractivity contribution >= 4 is 11.4 Å². The molecule has 2 N–H and O–H groups in total. The van der Waals surface area contributed by atoms with E-state index >= 15 is 0 Å². The van der Waals surface area contributed by atoms with Gasteiger partial charge >= 0.3 is 0 Å². The SMILES string of the molecule is CCCCC(O)CCc1ccc(Nc2ccccc2)cc1. The van der Waals surface area contributed by atoms with Crippen LogP contribution in [-0.2, 0) is 6.42 Å². The van der Waals surface area contributed by atoms with Crippen molar-refractivity contribution in [3.8, 4) is 0 Å². The lowest BCUT2D eigenvalue weighted by atomic mass is 10.0. The molecule has 0 fully saturated rings. The standard InChI is InChI=1S/C19H25NO/c1-2-3-9-19(21)15-12-16-10-13-18(14-11-16)20-17-7-5-4-6-8-17/h4-8,10-11,13-14,19-21H,2-3,9,12,15H2,1H3. The van der Waals surface area contributed by atoms with E-state index in [1.54, 1.807) is 0 Å². The Balaban J connectivity index is 1.82. The number of para-hydroxylation sites is 1. The summed E-state index contributed by atoms with van der Waals surface area (Å²) in [4.78, 5) is 0. The van der Waals surface area contributed by atoms with Gasteiger partial charge in [0.2, 0.25) is 0 Å². The molecule has 0 aliphatic carbocycles. The molecular formula is C19H25NO. The van der Waals surface area contributed by atoms with Crippen LogP contribution in [0.3, 0.4) is 0 Å². The predicted molar refractivity (Wildman–Crippen MR) is 90.0 cm³/mol. The van der Waals surface area contributed by atoms with Gasteiger partial charge in [0.1, 0.15) is 0 Å². The average molecular weight is 283 g/mol. The van der Waals surface area contributed by atoms with Crippen molar-refractivity contribution in [1.82, 2.24) is 0 Å². The van der Waals surface area contributed by atoms with Gasteiger partial charge in [-0.05, 0) is 49.1 Å². The maximum atomic E-state index is 9.88. The van der Waals surface area contributed by atoms with E-state index in [4.69, 9.17) is 0 Å². The summed E-state index contributed by atoms with van der Waals surface area (Å²) in [5.74, 6) is 0. The highest BCUT2D eigenvalue weighted by Crippen LogP contribution is 2.18. The van der Waals surface area contributed by atoms with Crippen LogP contribution in [0.25, 0.3) is 0 Å². The Hall–Kier alpha value is -1.80. The van der Waals surface area contributed by atoms with Gasteiger partial charge < -0.3 is 10.4 Å². The summed E-state index contributed by atoms with van der Waals surface area (Å²) < 4.78 is 0. The van der Waals surface area contributed by atoms with Crippen LogP contribution in [0.15, 0.2) is 54.6 Å². The molecule has 2 aromatic rings. The van der Waals surface area contributed by atoms with E-state index in [1.807, 2.05) is 18.2 Å². The number of hydrogen-bond acceptors (Lipinski definition) is 2. The molecule has 2 aromatic carbocycles. The number of anilines is 2. The number of aliphatic hydroxyl groups excluding tert-OH is 1. The van der Waals surface area contributed by atoms with Gasteiger partial charge in [0.25, 0.3) is 0 Å². The zero-order valence-electron chi connectivity index (χ0n) is 12.8. The van der Waals surface area contributed by atoms with E-state index in [-0.39, 0.29) is 6.10 Å². The van der Waals surface area contributed by atoms with Crippen LogP contribution in [-0.4, -0.2) is 11.2 Å². The molecule has 0 spiro atoms. The molecule has 2 rings (SSSR count). The predicted octanol–water partition coefficient (Wildman–Crippen LogP) is 4.91. The van der Waals surface area contributed by atoms with E-state index in [0.717, 1.165) is 43.5 Å². The summed E-state index contributed by atoms with van der Waals surface area (Å²) in [5.41, 5.74) is 3.47. The fraction of sp³-hybridized carbons (Fsp3) is 0.368. The van der Waals surface area contributed by atoms with E-state index in [9.17, 15) is 5.11 Å². The third kappa shape index (κ3) is 5.60. The Bertz CT molecular complexity index is 507. The highest BCUT2D eigenvalue weighted by Gasteiger charge is 2.04. The van der Waals surface area contributed by atoms with Crippen LogP contribution >= 0.6 is 0 Å². The first-order valence-corrected chi connectivity index (χ1v) is 7.87. The molecule has 0 radical (unpaired) electrons. The smallest absolute Gasteiger partial charge is 0.0543 e. The Labute approximate surface area is 127 Å². The van der Waals surface area contributed by atoms with Gasteiger partial charge in [-0.3, -0.25) is 0 Å². The minimum Gasteiger partial charge on any atom is -0.393 e. The molecule has 1 unspecified atom stereocenters. The lowest BCUT2D eigenvalue weighted by Crippen LogP contribution is -2.07. The lowest BCUT2D eigenvalue weighted by Gasteiger charge is -2.10. The maximum Gasteiger partial charge on any atom is 0.0543 e. The number of benzene rings is 2. The highest BCUT2D eigenvalue weighted by atomic mass is 16.3. The Morgan fingerprint density at radius 1 is 0.905 bits per heavy atom. The number of aryl methyl sites for hydroxylation is 1. The zero-order chi connectivity index (χ0) is 14.9. The third-order valence-electron chi connectivity index (χ3n) is 3.67. The van der Waals surface area contributed by atoms with Gasteiger partial charge in [-0.25, -0.2) is 0 Å². The lowest BCUT2D eigenvalue weighted by molar-refractivity contribution is 0.152. The second-order valence-electron chi connectivity index (χ2n) is 5.52. The fourth-order valence-electron chi connectivity index (χ4n) is 2.36. The van der Waals surface area contributed by atoms with Crippen LogP contribution < -0.4 is 5.32 Å². The molecule has 0 aliphatic heterocycles. The van der Waals surface area contributed by atoms with E-state index in [1.165, 1.54) is 5.56 Å². The second-order valence-corrected chi connectivity index (χ2v) is 5.52. The molecule has 21 heavy (non-hydrogen) atoms. The first-order valence-electron chi connectivity index (χ1n) is 7.87. The molecule has 0 bridgehead atoms. The minimum atomic E-state index is -0.160. The maximum absolute atomic E-state index is 9.88. The molecular weight excluding hydrogens is 258 g/mol. The number of aliphatic hydroxyl groups is 1. The largest absolute Gasteiger partial charge is 0.393 e. The van der Waals surface area contributed by atoms with Gasteiger partial charge in [-0.1, -0.05) is 50.1 Å². The van der Waals surface area contributed by atoms with Crippen LogP contribution in [0.4, 0.5) is 11.4 Å². The van der Waals surface area contributed by atoms with Gasteiger partial charge in [0, 0.05) is 11.4 Å². The Morgan fingerprint density at radius 3 is 2.24 bits per heavy atom. The van der Waals surface area contributed by atoms with Crippen LogP contribution in [0, 0.1) is 0 Å². The second kappa shape index (κ2) is 8.48. The van der Waals surface area contributed by atoms with Gasteiger partial charge in [0.15, 0.2) is 0 Å². The van der Waals surface area contributed by atoms with Crippen molar-refractivity contribution in [1.29, 1.82) is 0 Å². The molecule has 0 saturated heterocycles. The molecule has 0 saturated carbocycles. The van der Waals surface area contributed by atoms with Gasteiger partial charge in [-0.2, -0.15) is 0 Å². The zero-order valence-corrected chi connectivity index (χ0v) is 12.8. The highest BCUT2D eigenvalue weighted by molar-refractivity contribution is 5.59. The van der Waals surface area contributed by atoms with E-state index in [0.29, 0.717) is 0 Å². The molecule has 0 heterocycles. The summed E-state index contributed by atoms with van der Waals surface area (Å²) in [5, 5.41) is 13.3. The molecule has 2 nitrogen and oxygen atoms in total. The number of hydrogen-bond donors (Lipinski definition) is 2. The average Bonchev–Trinajstić information content (AvgIpc) is 2.53. The third-order valence-corrected chi connectivity index (χ3v) is 3.67. The molecule has 2 heteroatoms.